The van der Waals surface area contributed by atoms with Gasteiger partial charge < -0.3 is 9.67 Å². The number of rotatable bonds is 6. The number of fused-ring (bicyclic) bond motifs is 1. The van der Waals surface area contributed by atoms with E-state index >= 15 is 0 Å². The second-order valence-corrected chi connectivity index (χ2v) is 10.0. The predicted octanol–water partition coefficient (Wildman–Crippen LogP) is 5.47. The Hall–Kier alpha value is -4.26. The fraction of sp³-hybridized carbons (Fsp3) is 0.241. The van der Waals surface area contributed by atoms with Crippen molar-refractivity contribution < 1.29 is 14.7 Å². The summed E-state index contributed by atoms with van der Waals surface area (Å²) in [7, 11) is 0. The number of hydrogen-bond acceptors (Lipinski definition) is 4. The number of imidazole rings is 1. The SMILES string of the molecule is CC(C)(C(=O)O)c1ccc(-c2ccc3c(c2)C(=O)N(c2cccc(-c4nccn4C4CC4)n2)C3)cc1. The van der Waals surface area contributed by atoms with E-state index in [0.29, 0.717) is 24.0 Å². The van der Waals surface area contributed by atoms with Gasteiger partial charge >= 0.3 is 5.97 Å². The van der Waals surface area contributed by atoms with E-state index in [-0.39, 0.29) is 5.91 Å². The molecule has 1 amide bonds. The monoisotopic (exact) mass is 478 g/mol. The first kappa shape index (κ1) is 22.2. The molecule has 0 unspecified atom stereocenters. The van der Waals surface area contributed by atoms with Crippen molar-refractivity contribution in [2.24, 2.45) is 0 Å². The summed E-state index contributed by atoms with van der Waals surface area (Å²) >= 11 is 0. The number of carboxylic acid groups (broad SMARTS) is 1. The Kier molecular flexibility index (Phi) is 5.03. The summed E-state index contributed by atoms with van der Waals surface area (Å²) in [6.07, 6.45) is 6.11. The fourth-order valence-electron chi connectivity index (χ4n) is 4.73. The first-order chi connectivity index (χ1) is 17.3. The van der Waals surface area contributed by atoms with Crippen molar-refractivity contribution in [2.45, 2.75) is 44.7 Å². The number of hydrogen-bond donors (Lipinski definition) is 1. The van der Waals surface area contributed by atoms with Gasteiger partial charge in [-0.15, -0.1) is 0 Å². The third kappa shape index (κ3) is 3.68. The minimum atomic E-state index is -0.968. The zero-order valence-corrected chi connectivity index (χ0v) is 20.2. The molecule has 0 bridgehead atoms. The Morgan fingerprint density at radius 3 is 2.50 bits per heavy atom. The van der Waals surface area contributed by atoms with Crippen LogP contribution in [0.3, 0.4) is 0 Å². The van der Waals surface area contributed by atoms with Crippen LogP contribution in [0, 0.1) is 0 Å². The van der Waals surface area contributed by atoms with Crippen molar-refractivity contribution in [3.8, 4) is 22.6 Å². The molecule has 180 valence electrons. The summed E-state index contributed by atoms with van der Waals surface area (Å²) in [5.41, 5.74) is 3.99. The van der Waals surface area contributed by atoms with Gasteiger partial charge in [-0.1, -0.05) is 42.5 Å². The maximum atomic E-state index is 13.4. The van der Waals surface area contributed by atoms with Crippen molar-refractivity contribution in [1.82, 2.24) is 14.5 Å². The Morgan fingerprint density at radius 2 is 1.78 bits per heavy atom. The van der Waals surface area contributed by atoms with Crippen molar-refractivity contribution in [1.29, 1.82) is 0 Å². The van der Waals surface area contributed by atoms with E-state index < -0.39 is 11.4 Å². The summed E-state index contributed by atoms with van der Waals surface area (Å²) in [4.78, 5) is 36.0. The molecule has 36 heavy (non-hydrogen) atoms. The first-order valence-electron chi connectivity index (χ1n) is 12.1. The molecule has 7 nitrogen and oxygen atoms in total. The van der Waals surface area contributed by atoms with Crippen molar-refractivity contribution >= 4 is 17.7 Å². The molecule has 0 saturated heterocycles. The molecule has 0 radical (unpaired) electrons. The minimum absolute atomic E-state index is 0.0781. The number of aromatic nitrogens is 3. The van der Waals surface area contributed by atoms with Crippen LogP contribution in [0.5, 0.6) is 0 Å². The van der Waals surface area contributed by atoms with Gasteiger partial charge in [0.25, 0.3) is 5.91 Å². The van der Waals surface area contributed by atoms with Gasteiger partial charge in [-0.05, 0) is 67.1 Å². The van der Waals surface area contributed by atoms with Gasteiger partial charge in [0.1, 0.15) is 11.5 Å². The Labute approximate surface area is 209 Å². The third-order valence-corrected chi connectivity index (χ3v) is 7.24. The Balaban J connectivity index is 1.27. The zero-order valence-electron chi connectivity index (χ0n) is 20.2. The Morgan fingerprint density at radius 1 is 1.03 bits per heavy atom. The molecule has 7 heteroatoms. The second kappa shape index (κ2) is 8.16. The van der Waals surface area contributed by atoms with Gasteiger partial charge in [0.15, 0.2) is 5.82 Å². The molecular formula is C29H26N4O3. The lowest BCUT2D eigenvalue weighted by Gasteiger charge is -2.19. The summed E-state index contributed by atoms with van der Waals surface area (Å²) < 4.78 is 2.17. The lowest BCUT2D eigenvalue weighted by molar-refractivity contribution is -0.142. The van der Waals surface area contributed by atoms with E-state index in [1.54, 1.807) is 24.9 Å². The zero-order chi connectivity index (χ0) is 25.0. The number of carboxylic acids is 1. The summed E-state index contributed by atoms with van der Waals surface area (Å²) in [5.74, 6) is 0.500. The third-order valence-electron chi connectivity index (χ3n) is 7.24. The van der Waals surface area contributed by atoms with Crippen molar-refractivity contribution in [3.05, 3.63) is 89.7 Å². The molecule has 0 spiro atoms. The molecule has 2 aliphatic rings. The smallest absolute Gasteiger partial charge is 0.313 e. The maximum Gasteiger partial charge on any atom is 0.313 e. The lowest BCUT2D eigenvalue weighted by Crippen LogP contribution is -2.28. The number of anilines is 1. The number of nitrogens with zero attached hydrogens (tertiary/aromatic N) is 4. The highest BCUT2D eigenvalue weighted by Gasteiger charge is 2.32. The molecule has 1 saturated carbocycles. The highest BCUT2D eigenvalue weighted by Crippen LogP contribution is 2.38. The molecule has 1 N–H and O–H groups in total. The van der Waals surface area contributed by atoms with Crippen LogP contribution in [0.2, 0.25) is 0 Å². The maximum absolute atomic E-state index is 13.4. The highest BCUT2D eigenvalue weighted by atomic mass is 16.4. The molecule has 3 heterocycles. The Bertz CT molecular complexity index is 1500. The van der Waals surface area contributed by atoms with Crippen LogP contribution in [-0.4, -0.2) is 31.5 Å². The van der Waals surface area contributed by atoms with Gasteiger partial charge in [-0.3, -0.25) is 14.5 Å². The van der Waals surface area contributed by atoms with Crippen molar-refractivity contribution in [2.75, 3.05) is 4.90 Å². The molecule has 6 rings (SSSR count). The predicted molar refractivity (Wildman–Crippen MR) is 137 cm³/mol. The van der Waals surface area contributed by atoms with Crippen LogP contribution >= 0.6 is 0 Å². The molecule has 4 aromatic rings. The van der Waals surface area contributed by atoms with Crippen LogP contribution in [0.1, 0.15) is 54.2 Å². The number of carbonyl (C=O) groups excluding carboxylic acids is 1. The average molecular weight is 479 g/mol. The quantitative estimate of drug-likeness (QED) is 0.397. The summed E-state index contributed by atoms with van der Waals surface area (Å²) in [6.45, 7) is 3.85. The van der Waals surface area contributed by atoms with Gasteiger partial charge in [0, 0.05) is 24.0 Å². The van der Waals surface area contributed by atoms with Gasteiger partial charge in [0.2, 0.25) is 0 Å². The molecule has 0 atom stereocenters. The fourth-order valence-corrected chi connectivity index (χ4v) is 4.73. The van der Waals surface area contributed by atoms with Crippen LogP contribution in [0.25, 0.3) is 22.6 Å². The van der Waals surface area contributed by atoms with Gasteiger partial charge in [-0.25, -0.2) is 9.97 Å². The van der Waals surface area contributed by atoms with Crippen molar-refractivity contribution in [3.63, 3.8) is 0 Å². The van der Waals surface area contributed by atoms with Gasteiger partial charge in [0.05, 0.1) is 12.0 Å². The normalized spacial score (nSPS) is 15.3. The van der Waals surface area contributed by atoms with E-state index in [0.717, 1.165) is 46.6 Å². The number of amides is 1. The lowest BCUT2D eigenvalue weighted by atomic mass is 9.84. The van der Waals surface area contributed by atoms with Crippen LogP contribution < -0.4 is 4.90 Å². The van der Waals surface area contributed by atoms with Gasteiger partial charge in [-0.2, -0.15) is 0 Å². The number of pyridine rings is 1. The van der Waals surface area contributed by atoms with Crippen LogP contribution in [-0.2, 0) is 16.8 Å². The average Bonchev–Trinajstić information content (AvgIpc) is 3.52. The molecular weight excluding hydrogens is 452 g/mol. The van der Waals surface area contributed by atoms with E-state index in [4.69, 9.17) is 4.98 Å². The number of carbonyl (C=O) groups is 2. The summed E-state index contributed by atoms with van der Waals surface area (Å²) in [5, 5.41) is 9.49. The first-order valence-corrected chi connectivity index (χ1v) is 12.1. The molecule has 1 fully saturated rings. The van der Waals surface area contributed by atoms with E-state index in [2.05, 4.69) is 9.55 Å². The van der Waals surface area contributed by atoms with Crippen LogP contribution in [0.4, 0.5) is 5.82 Å². The molecule has 1 aliphatic heterocycles. The summed E-state index contributed by atoms with van der Waals surface area (Å²) in [6, 6.07) is 19.6. The molecule has 1 aliphatic carbocycles. The standard InChI is InChI=1S/C29H26N4O3/c1-29(2,28(35)36)21-10-8-18(9-11-21)19-6-7-20-17-33(27(34)23(20)16-19)25-5-3-4-24(31-25)26-30-14-15-32(26)22-12-13-22/h3-11,14-16,22H,12-13,17H2,1-2H3,(H,35,36). The minimum Gasteiger partial charge on any atom is -0.481 e. The van der Waals surface area contributed by atoms with E-state index in [1.807, 2.05) is 66.9 Å². The largest absolute Gasteiger partial charge is 0.481 e. The second-order valence-electron chi connectivity index (χ2n) is 10.0. The van der Waals surface area contributed by atoms with E-state index in [9.17, 15) is 14.7 Å². The molecule has 2 aromatic carbocycles. The topological polar surface area (TPSA) is 88.3 Å². The van der Waals surface area contributed by atoms with Crippen LogP contribution in [0.15, 0.2) is 73.1 Å². The molecule has 2 aromatic heterocycles. The highest BCUT2D eigenvalue weighted by molar-refractivity contribution is 6.10. The number of benzene rings is 2. The van der Waals surface area contributed by atoms with E-state index in [1.165, 1.54) is 0 Å². The number of aliphatic carboxylic acids is 1.